The van der Waals surface area contributed by atoms with Crippen molar-refractivity contribution in [3.63, 3.8) is 0 Å². The second-order valence-corrected chi connectivity index (χ2v) is 8.82. The lowest BCUT2D eigenvalue weighted by atomic mass is 10.3. The van der Waals surface area contributed by atoms with Gasteiger partial charge in [-0.2, -0.15) is 4.31 Å². The lowest BCUT2D eigenvalue weighted by molar-refractivity contribution is -0.895. The van der Waals surface area contributed by atoms with Gasteiger partial charge in [-0.05, 0) is 30.7 Å². The van der Waals surface area contributed by atoms with Crippen molar-refractivity contribution < 1.29 is 22.9 Å². The van der Waals surface area contributed by atoms with E-state index in [2.05, 4.69) is 10.6 Å². The molecule has 0 atom stereocenters. The second kappa shape index (κ2) is 10.0. The molecule has 10 heteroatoms. The molecule has 1 aliphatic heterocycles. The Balaban J connectivity index is 1.80. The third-order valence-corrected chi connectivity index (χ3v) is 6.53. The van der Waals surface area contributed by atoms with E-state index in [1.165, 1.54) is 16.4 Å². The first-order chi connectivity index (χ1) is 12.8. The van der Waals surface area contributed by atoms with Gasteiger partial charge in [0.25, 0.3) is 5.91 Å². The molecule has 3 N–H and O–H groups in total. The molecule has 0 bridgehead atoms. The quantitative estimate of drug-likeness (QED) is 0.537. The van der Waals surface area contributed by atoms with Gasteiger partial charge in [0.15, 0.2) is 6.54 Å². The number of rotatable bonds is 7. The zero-order valence-electron chi connectivity index (χ0n) is 15.3. The Morgan fingerprint density at radius 1 is 1.19 bits per heavy atom. The standard InChI is InChI=1S/C17H25ClN4O4S/c1-2-3-8-19-17(24)20-16(23)13-21-9-11-22(12-10-21)27(25,26)15-6-4-14(18)5-7-15/h4-7H,2-3,8-13H2,1H3,(H2,19,20,23,24)/p+1. The van der Waals surface area contributed by atoms with E-state index >= 15 is 0 Å². The molecule has 8 nitrogen and oxygen atoms in total. The first kappa shape index (κ1) is 21.6. The Bertz CT molecular complexity index is 747. The predicted molar refractivity (Wildman–Crippen MR) is 102 cm³/mol. The molecule has 0 saturated carbocycles. The maximum absolute atomic E-state index is 12.6. The Morgan fingerprint density at radius 3 is 2.41 bits per heavy atom. The highest BCUT2D eigenvalue weighted by Crippen LogP contribution is 2.18. The van der Waals surface area contributed by atoms with Crippen LogP contribution >= 0.6 is 11.6 Å². The highest BCUT2D eigenvalue weighted by Gasteiger charge is 2.31. The summed E-state index contributed by atoms with van der Waals surface area (Å²) in [5.41, 5.74) is 0. The summed E-state index contributed by atoms with van der Waals surface area (Å²) in [5, 5.41) is 5.41. The Kier molecular flexibility index (Phi) is 8.03. The van der Waals surface area contributed by atoms with Gasteiger partial charge in [0.1, 0.15) is 0 Å². The first-order valence-corrected chi connectivity index (χ1v) is 10.8. The van der Waals surface area contributed by atoms with E-state index in [0.717, 1.165) is 17.7 Å². The van der Waals surface area contributed by atoms with Crippen LogP contribution in [0.25, 0.3) is 0 Å². The maximum Gasteiger partial charge on any atom is 0.321 e. The first-order valence-electron chi connectivity index (χ1n) is 9.00. The lowest BCUT2D eigenvalue weighted by Gasteiger charge is -2.31. The topological polar surface area (TPSA) is 100 Å². The average Bonchev–Trinajstić information content (AvgIpc) is 2.62. The largest absolute Gasteiger partial charge is 0.338 e. The highest BCUT2D eigenvalue weighted by atomic mass is 35.5. The van der Waals surface area contributed by atoms with E-state index in [4.69, 9.17) is 11.6 Å². The molecule has 1 aliphatic rings. The molecule has 0 aliphatic carbocycles. The summed E-state index contributed by atoms with van der Waals surface area (Å²) in [6, 6.07) is 5.58. The Hall–Kier alpha value is -1.68. The Labute approximate surface area is 164 Å². The van der Waals surface area contributed by atoms with Gasteiger partial charge in [0.05, 0.1) is 31.1 Å². The SMILES string of the molecule is CCCCNC(=O)NC(=O)C[NH+]1CCN(S(=O)(=O)c2ccc(Cl)cc2)CC1. The summed E-state index contributed by atoms with van der Waals surface area (Å²) in [4.78, 5) is 24.7. The van der Waals surface area contributed by atoms with Crippen LogP contribution < -0.4 is 15.5 Å². The number of piperazine rings is 1. The number of halogens is 1. The number of carbonyl (C=O) groups excluding carboxylic acids is 2. The van der Waals surface area contributed by atoms with Crippen molar-refractivity contribution >= 4 is 33.6 Å². The van der Waals surface area contributed by atoms with Gasteiger partial charge < -0.3 is 10.2 Å². The van der Waals surface area contributed by atoms with Crippen LogP contribution in [-0.4, -0.2) is 63.9 Å². The third kappa shape index (κ3) is 6.46. The van der Waals surface area contributed by atoms with Crippen LogP contribution in [0.1, 0.15) is 19.8 Å². The number of imide groups is 1. The lowest BCUT2D eigenvalue weighted by Crippen LogP contribution is -3.15. The van der Waals surface area contributed by atoms with Gasteiger partial charge in [-0.25, -0.2) is 13.2 Å². The van der Waals surface area contributed by atoms with Gasteiger partial charge in [0, 0.05) is 11.6 Å². The maximum atomic E-state index is 12.6. The molecule has 0 unspecified atom stereocenters. The molecule has 0 aromatic heterocycles. The van der Waals surface area contributed by atoms with E-state index in [9.17, 15) is 18.0 Å². The molecule has 2 rings (SSSR count). The summed E-state index contributed by atoms with van der Waals surface area (Å²) in [6.45, 7) is 4.31. The average molecular weight is 418 g/mol. The molecule has 1 aromatic carbocycles. The zero-order valence-corrected chi connectivity index (χ0v) is 16.9. The third-order valence-electron chi connectivity index (χ3n) is 4.36. The fourth-order valence-electron chi connectivity index (χ4n) is 2.80. The summed E-state index contributed by atoms with van der Waals surface area (Å²) in [7, 11) is -3.57. The van der Waals surface area contributed by atoms with Crippen LogP contribution in [0.2, 0.25) is 5.02 Å². The molecular weight excluding hydrogens is 392 g/mol. The number of hydrogen-bond acceptors (Lipinski definition) is 4. The van der Waals surface area contributed by atoms with Crippen LogP contribution in [-0.2, 0) is 14.8 Å². The van der Waals surface area contributed by atoms with Gasteiger partial charge in [0.2, 0.25) is 10.0 Å². The van der Waals surface area contributed by atoms with Crippen LogP contribution in [0.15, 0.2) is 29.2 Å². The molecule has 0 radical (unpaired) electrons. The molecule has 3 amide bonds. The van der Waals surface area contributed by atoms with Crippen molar-refractivity contribution in [1.82, 2.24) is 14.9 Å². The number of hydrogen-bond donors (Lipinski definition) is 3. The minimum atomic E-state index is -3.57. The van der Waals surface area contributed by atoms with Crippen LogP contribution in [0.4, 0.5) is 4.79 Å². The molecule has 0 spiro atoms. The minimum Gasteiger partial charge on any atom is -0.338 e. The van der Waals surface area contributed by atoms with Gasteiger partial charge in [-0.3, -0.25) is 10.1 Å². The molecule has 1 aromatic rings. The summed E-state index contributed by atoms with van der Waals surface area (Å²) in [6.07, 6.45) is 1.82. The highest BCUT2D eigenvalue weighted by molar-refractivity contribution is 7.89. The van der Waals surface area contributed by atoms with Crippen LogP contribution in [0.5, 0.6) is 0 Å². The number of urea groups is 1. The zero-order chi connectivity index (χ0) is 19.9. The van der Waals surface area contributed by atoms with Crippen molar-refractivity contribution in [3.05, 3.63) is 29.3 Å². The van der Waals surface area contributed by atoms with E-state index in [0.29, 0.717) is 37.7 Å². The van der Waals surface area contributed by atoms with Crippen molar-refractivity contribution in [2.75, 3.05) is 39.3 Å². The van der Waals surface area contributed by atoms with Gasteiger partial charge in [-0.15, -0.1) is 0 Å². The number of nitrogens with one attached hydrogen (secondary N) is 3. The number of sulfonamides is 1. The molecule has 1 saturated heterocycles. The van der Waals surface area contributed by atoms with E-state index < -0.39 is 16.1 Å². The number of amides is 3. The second-order valence-electron chi connectivity index (χ2n) is 6.44. The van der Waals surface area contributed by atoms with Gasteiger partial charge >= 0.3 is 6.03 Å². The van der Waals surface area contributed by atoms with E-state index in [1.807, 2.05) is 6.92 Å². The number of carbonyl (C=O) groups is 2. The summed E-state index contributed by atoms with van der Waals surface area (Å²) in [5.74, 6) is -0.368. The van der Waals surface area contributed by atoms with Crippen molar-refractivity contribution in [1.29, 1.82) is 0 Å². The normalized spacial score (nSPS) is 16.1. The van der Waals surface area contributed by atoms with Gasteiger partial charge in [-0.1, -0.05) is 24.9 Å². The molecule has 1 heterocycles. The number of nitrogens with zero attached hydrogens (tertiary/aromatic N) is 1. The van der Waals surface area contributed by atoms with Crippen molar-refractivity contribution in [2.45, 2.75) is 24.7 Å². The Morgan fingerprint density at radius 2 is 1.81 bits per heavy atom. The molecule has 1 fully saturated rings. The molecule has 27 heavy (non-hydrogen) atoms. The predicted octanol–water partition coefficient (Wildman–Crippen LogP) is -0.145. The van der Waals surface area contributed by atoms with E-state index in [-0.39, 0.29) is 17.3 Å². The summed E-state index contributed by atoms with van der Waals surface area (Å²) >= 11 is 5.81. The summed E-state index contributed by atoms with van der Waals surface area (Å²) < 4.78 is 26.7. The van der Waals surface area contributed by atoms with Crippen LogP contribution in [0.3, 0.4) is 0 Å². The number of quaternary nitrogens is 1. The minimum absolute atomic E-state index is 0.135. The number of unbranched alkanes of at least 4 members (excludes halogenated alkanes) is 1. The van der Waals surface area contributed by atoms with E-state index in [1.54, 1.807) is 12.1 Å². The van der Waals surface area contributed by atoms with Crippen LogP contribution in [0, 0.1) is 0 Å². The smallest absolute Gasteiger partial charge is 0.321 e. The number of benzene rings is 1. The van der Waals surface area contributed by atoms with Crippen molar-refractivity contribution in [3.8, 4) is 0 Å². The monoisotopic (exact) mass is 417 g/mol. The fourth-order valence-corrected chi connectivity index (χ4v) is 4.36. The van der Waals surface area contributed by atoms with Crippen molar-refractivity contribution in [2.24, 2.45) is 0 Å². The molecular formula is C17H26ClN4O4S+. The fraction of sp³-hybridized carbons (Fsp3) is 0.529. The molecule has 150 valence electrons.